The predicted molar refractivity (Wildman–Crippen MR) is 70.5 cm³/mol. The number of nitriles is 1. The monoisotopic (exact) mass is 289 g/mol. The van der Waals surface area contributed by atoms with Crippen LogP contribution in [0.3, 0.4) is 0 Å². The number of ether oxygens (including phenoxy) is 1. The van der Waals surface area contributed by atoms with Crippen molar-refractivity contribution in [1.82, 2.24) is 0 Å². The largest absolute Gasteiger partial charge is 0.453 e. The van der Waals surface area contributed by atoms with Crippen LogP contribution < -0.4 is 16.2 Å². The van der Waals surface area contributed by atoms with Crippen LogP contribution in [-0.4, -0.2) is 5.91 Å². The molecular weight excluding hydrogens is 280 g/mol. The second-order valence-corrected chi connectivity index (χ2v) is 4.06. The molecule has 7 heteroatoms. The Bertz CT molecular complexity index is 770. The Morgan fingerprint density at radius 3 is 2.52 bits per heavy atom. The van der Waals surface area contributed by atoms with E-state index in [2.05, 4.69) is 0 Å². The van der Waals surface area contributed by atoms with Crippen LogP contribution in [0.25, 0.3) is 0 Å². The highest BCUT2D eigenvalue weighted by Crippen LogP contribution is 2.31. The van der Waals surface area contributed by atoms with Gasteiger partial charge in [0.15, 0.2) is 11.6 Å². The summed E-state index contributed by atoms with van der Waals surface area (Å²) in [7, 11) is 0. The lowest BCUT2D eigenvalue weighted by atomic mass is 10.1. The van der Waals surface area contributed by atoms with Crippen molar-refractivity contribution in [3.05, 3.63) is 53.1 Å². The van der Waals surface area contributed by atoms with Gasteiger partial charge in [0, 0.05) is 11.8 Å². The number of benzene rings is 2. The van der Waals surface area contributed by atoms with Crippen LogP contribution in [0.4, 0.5) is 14.5 Å². The Hall–Kier alpha value is -3.14. The molecule has 2 aromatic carbocycles. The number of nitrogens with zero attached hydrogens (tertiary/aromatic N) is 1. The first-order valence-corrected chi connectivity index (χ1v) is 5.69. The number of hydrogen-bond acceptors (Lipinski definition) is 4. The number of nitrogens with two attached hydrogens (primary N) is 2. The van der Waals surface area contributed by atoms with Crippen molar-refractivity contribution in [2.45, 2.75) is 0 Å². The lowest BCUT2D eigenvalue weighted by Crippen LogP contribution is -2.14. The van der Waals surface area contributed by atoms with Crippen LogP contribution in [0.5, 0.6) is 11.5 Å². The third-order valence-electron chi connectivity index (χ3n) is 2.68. The maximum absolute atomic E-state index is 13.8. The molecule has 0 fully saturated rings. The van der Waals surface area contributed by atoms with Crippen LogP contribution in [0.15, 0.2) is 30.3 Å². The zero-order valence-corrected chi connectivity index (χ0v) is 10.6. The molecule has 0 saturated carbocycles. The van der Waals surface area contributed by atoms with Gasteiger partial charge in [0.2, 0.25) is 0 Å². The maximum atomic E-state index is 13.8. The summed E-state index contributed by atoms with van der Waals surface area (Å²) >= 11 is 0. The molecule has 0 aliphatic rings. The summed E-state index contributed by atoms with van der Waals surface area (Å²) in [6.45, 7) is 0. The highest BCUT2D eigenvalue weighted by atomic mass is 19.1. The summed E-state index contributed by atoms with van der Waals surface area (Å²) in [4.78, 5) is 11.2. The Morgan fingerprint density at radius 2 is 1.90 bits per heavy atom. The van der Waals surface area contributed by atoms with Crippen molar-refractivity contribution in [1.29, 1.82) is 5.26 Å². The topological polar surface area (TPSA) is 102 Å². The number of hydrogen-bond donors (Lipinski definition) is 2. The van der Waals surface area contributed by atoms with Crippen LogP contribution in [-0.2, 0) is 0 Å². The van der Waals surface area contributed by atoms with Gasteiger partial charge >= 0.3 is 0 Å². The van der Waals surface area contributed by atoms with E-state index in [0.717, 1.165) is 18.2 Å². The number of nitrogen functional groups attached to an aromatic ring is 1. The van der Waals surface area contributed by atoms with Crippen molar-refractivity contribution in [3.63, 3.8) is 0 Å². The summed E-state index contributed by atoms with van der Waals surface area (Å²) in [6, 6.07) is 7.14. The van der Waals surface area contributed by atoms with E-state index in [1.165, 1.54) is 12.1 Å². The fraction of sp³-hybridized carbons (Fsp3) is 0. The minimum atomic E-state index is -0.870. The van der Waals surface area contributed by atoms with E-state index in [0.29, 0.717) is 0 Å². The van der Waals surface area contributed by atoms with Gasteiger partial charge in [-0.3, -0.25) is 4.79 Å². The highest BCUT2D eigenvalue weighted by Gasteiger charge is 2.16. The maximum Gasteiger partial charge on any atom is 0.250 e. The summed E-state index contributed by atoms with van der Waals surface area (Å²) in [5, 5.41) is 8.88. The molecule has 0 radical (unpaired) electrons. The molecule has 106 valence electrons. The first-order chi connectivity index (χ1) is 9.93. The summed E-state index contributed by atoms with van der Waals surface area (Å²) in [5.41, 5.74) is 9.89. The van der Waals surface area contributed by atoms with Crippen LogP contribution >= 0.6 is 0 Å². The molecule has 0 spiro atoms. The van der Waals surface area contributed by atoms with E-state index >= 15 is 0 Å². The quantitative estimate of drug-likeness (QED) is 0.846. The van der Waals surface area contributed by atoms with Gasteiger partial charge in [-0.25, -0.2) is 8.78 Å². The van der Waals surface area contributed by atoms with Crippen LogP contribution in [0, 0.1) is 23.0 Å². The molecule has 0 heterocycles. The van der Waals surface area contributed by atoms with E-state index in [9.17, 15) is 13.6 Å². The number of rotatable bonds is 3. The van der Waals surface area contributed by atoms with Crippen molar-refractivity contribution < 1.29 is 18.3 Å². The molecule has 2 aromatic rings. The Morgan fingerprint density at radius 1 is 1.19 bits per heavy atom. The number of carbonyl (C=O) groups is 1. The standard InChI is InChI=1S/C14H9F2N3O2/c15-9-2-1-3-12(8(9)6-17)21-13-4-7(14(19)20)11(18)5-10(13)16/h1-5H,18H2,(H2,19,20). The minimum Gasteiger partial charge on any atom is -0.453 e. The number of amides is 1. The molecule has 0 unspecified atom stereocenters. The second-order valence-electron chi connectivity index (χ2n) is 4.06. The number of halogens is 2. The SMILES string of the molecule is N#Cc1c(F)cccc1Oc1cc(C(N)=O)c(N)cc1F. The van der Waals surface area contributed by atoms with Gasteiger partial charge in [0.25, 0.3) is 5.91 Å². The van der Waals surface area contributed by atoms with Crippen molar-refractivity contribution in [2.75, 3.05) is 5.73 Å². The number of primary amides is 1. The minimum absolute atomic E-state index is 0.138. The summed E-state index contributed by atoms with van der Waals surface area (Å²) < 4.78 is 32.4. The molecule has 2 rings (SSSR count). The molecule has 1 amide bonds. The summed E-state index contributed by atoms with van der Waals surface area (Å²) in [5.74, 6) is -3.11. The third kappa shape index (κ3) is 2.74. The van der Waals surface area contributed by atoms with Crippen molar-refractivity contribution in [2.24, 2.45) is 5.73 Å². The van der Waals surface area contributed by atoms with E-state index in [1.807, 2.05) is 0 Å². The van der Waals surface area contributed by atoms with E-state index in [1.54, 1.807) is 6.07 Å². The Labute approximate surface area is 118 Å². The van der Waals surface area contributed by atoms with Crippen LogP contribution in [0.2, 0.25) is 0 Å². The number of carbonyl (C=O) groups excluding carboxylic acids is 1. The van der Waals surface area contributed by atoms with E-state index < -0.39 is 17.5 Å². The van der Waals surface area contributed by atoms with Crippen LogP contribution in [0.1, 0.15) is 15.9 Å². The average molecular weight is 289 g/mol. The molecule has 21 heavy (non-hydrogen) atoms. The van der Waals surface area contributed by atoms with Gasteiger partial charge in [-0.15, -0.1) is 0 Å². The average Bonchev–Trinajstić information content (AvgIpc) is 2.41. The Balaban J connectivity index is 2.50. The molecule has 0 saturated heterocycles. The van der Waals surface area contributed by atoms with E-state index in [-0.39, 0.29) is 28.3 Å². The van der Waals surface area contributed by atoms with Crippen molar-refractivity contribution in [3.8, 4) is 17.6 Å². The second kappa shape index (κ2) is 5.46. The molecule has 0 aliphatic heterocycles. The lowest BCUT2D eigenvalue weighted by Gasteiger charge is -2.11. The molecule has 4 N–H and O–H groups in total. The van der Waals surface area contributed by atoms with Gasteiger partial charge in [-0.2, -0.15) is 5.26 Å². The lowest BCUT2D eigenvalue weighted by molar-refractivity contribution is 0.100. The smallest absolute Gasteiger partial charge is 0.250 e. The zero-order valence-electron chi connectivity index (χ0n) is 10.6. The third-order valence-corrected chi connectivity index (χ3v) is 2.68. The zero-order chi connectivity index (χ0) is 15.6. The first-order valence-electron chi connectivity index (χ1n) is 5.69. The fourth-order valence-electron chi connectivity index (χ4n) is 1.68. The van der Waals surface area contributed by atoms with Gasteiger partial charge in [-0.1, -0.05) is 6.07 Å². The van der Waals surface area contributed by atoms with Gasteiger partial charge < -0.3 is 16.2 Å². The first kappa shape index (κ1) is 14.3. The van der Waals surface area contributed by atoms with Gasteiger partial charge in [0.1, 0.15) is 23.2 Å². The molecule has 5 nitrogen and oxygen atoms in total. The van der Waals surface area contributed by atoms with Gasteiger partial charge in [-0.05, 0) is 18.2 Å². The molecule has 0 bridgehead atoms. The molecule has 0 aliphatic carbocycles. The predicted octanol–water partition coefficient (Wildman–Crippen LogP) is 2.31. The van der Waals surface area contributed by atoms with Gasteiger partial charge in [0.05, 0.1) is 5.56 Å². The molecule has 0 atom stereocenters. The normalized spacial score (nSPS) is 9.95. The number of anilines is 1. The highest BCUT2D eigenvalue weighted by molar-refractivity contribution is 5.98. The van der Waals surface area contributed by atoms with E-state index in [4.69, 9.17) is 21.5 Å². The van der Waals surface area contributed by atoms with Crippen molar-refractivity contribution >= 4 is 11.6 Å². The molecular formula is C14H9F2N3O2. The Kier molecular flexibility index (Phi) is 3.71. The summed E-state index contributed by atoms with van der Waals surface area (Å²) in [6.07, 6.45) is 0. The molecule has 0 aromatic heterocycles. The fourth-order valence-corrected chi connectivity index (χ4v) is 1.68.